The highest BCUT2D eigenvalue weighted by atomic mass is 35.5. The molecule has 8 nitrogen and oxygen atoms in total. The average molecular weight is 407 g/mol. The molecule has 0 aliphatic rings. The van der Waals surface area contributed by atoms with Crippen LogP contribution in [0.3, 0.4) is 0 Å². The maximum atomic E-state index is 12.1. The molecular weight excluding hydrogens is 388 g/mol. The SMILES string of the molecule is COc1cc(C(C)=O)ccc1OCC(=O)O[C@H](C)C(=O)Nc1cccnc1Cl. The molecular formula is C19H19ClN2O6. The topological polar surface area (TPSA) is 104 Å². The van der Waals surface area contributed by atoms with Crippen LogP contribution in [0.15, 0.2) is 36.5 Å². The van der Waals surface area contributed by atoms with Crippen molar-refractivity contribution in [2.75, 3.05) is 19.0 Å². The van der Waals surface area contributed by atoms with Crippen molar-refractivity contribution in [1.29, 1.82) is 0 Å². The van der Waals surface area contributed by atoms with Gasteiger partial charge in [-0.15, -0.1) is 0 Å². The zero-order chi connectivity index (χ0) is 20.7. The first-order valence-corrected chi connectivity index (χ1v) is 8.62. The molecule has 1 heterocycles. The molecule has 0 saturated heterocycles. The van der Waals surface area contributed by atoms with Crippen molar-refractivity contribution in [3.05, 3.63) is 47.2 Å². The maximum absolute atomic E-state index is 12.1. The molecule has 2 rings (SSSR count). The highest BCUT2D eigenvalue weighted by Crippen LogP contribution is 2.28. The van der Waals surface area contributed by atoms with Gasteiger partial charge in [-0.25, -0.2) is 9.78 Å². The van der Waals surface area contributed by atoms with Crippen molar-refractivity contribution in [3.63, 3.8) is 0 Å². The Balaban J connectivity index is 1.90. The zero-order valence-corrected chi connectivity index (χ0v) is 16.3. The van der Waals surface area contributed by atoms with Gasteiger partial charge in [0.1, 0.15) is 0 Å². The Kier molecular flexibility index (Phi) is 7.34. The van der Waals surface area contributed by atoms with Crippen LogP contribution in [-0.4, -0.2) is 42.5 Å². The molecule has 9 heteroatoms. The fourth-order valence-electron chi connectivity index (χ4n) is 2.14. The summed E-state index contributed by atoms with van der Waals surface area (Å²) >= 11 is 5.87. The summed E-state index contributed by atoms with van der Waals surface area (Å²) in [6.45, 7) is 2.40. The number of ketones is 1. The number of hydrogen-bond acceptors (Lipinski definition) is 7. The largest absolute Gasteiger partial charge is 0.493 e. The van der Waals surface area contributed by atoms with Gasteiger partial charge in [0.05, 0.1) is 12.8 Å². The Hall–Kier alpha value is -3.13. The maximum Gasteiger partial charge on any atom is 0.344 e. The number of pyridine rings is 1. The van der Waals surface area contributed by atoms with E-state index in [0.717, 1.165) is 0 Å². The quantitative estimate of drug-likeness (QED) is 0.408. The van der Waals surface area contributed by atoms with Crippen LogP contribution >= 0.6 is 11.6 Å². The predicted molar refractivity (Wildman–Crippen MR) is 102 cm³/mol. The number of anilines is 1. The monoisotopic (exact) mass is 406 g/mol. The Morgan fingerprint density at radius 2 is 1.96 bits per heavy atom. The summed E-state index contributed by atoms with van der Waals surface area (Å²) in [5, 5.41) is 2.64. The van der Waals surface area contributed by atoms with Gasteiger partial charge in [0.2, 0.25) is 0 Å². The third-order valence-corrected chi connectivity index (χ3v) is 3.91. The normalized spacial score (nSPS) is 11.3. The Morgan fingerprint density at radius 1 is 1.21 bits per heavy atom. The van der Waals surface area contributed by atoms with E-state index >= 15 is 0 Å². The van der Waals surface area contributed by atoms with E-state index in [9.17, 15) is 14.4 Å². The summed E-state index contributed by atoms with van der Waals surface area (Å²) in [5.74, 6) is -0.872. The van der Waals surface area contributed by atoms with Crippen LogP contribution in [0.5, 0.6) is 11.5 Å². The van der Waals surface area contributed by atoms with Gasteiger partial charge < -0.3 is 19.5 Å². The second-order valence-corrected chi connectivity index (χ2v) is 6.03. The molecule has 0 radical (unpaired) electrons. The lowest BCUT2D eigenvalue weighted by Gasteiger charge is -2.15. The van der Waals surface area contributed by atoms with Crippen molar-refractivity contribution in [1.82, 2.24) is 4.98 Å². The molecule has 1 atom stereocenters. The molecule has 0 saturated carbocycles. The molecule has 0 spiro atoms. The van der Waals surface area contributed by atoms with Crippen molar-refractivity contribution in [2.45, 2.75) is 20.0 Å². The summed E-state index contributed by atoms with van der Waals surface area (Å²) in [4.78, 5) is 39.3. The predicted octanol–water partition coefficient (Wildman–Crippen LogP) is 2.90. The van der Waals surface area contributed by atoms with E-state index in [-0.39, 0.29) is 16.7 Å². The van der Waals surface area contributed by atoms with E-state index in [1.165, 1.54) is 39.3 Å². The number of carbonyl (C=O) groups is 3. The Morgan fingerprint density at radius 3 is 2.61 bits per heavy atom. The van der Waals surface area contributed by atoms with Gasteiger partial charge in [0.15, 0.2) is 35.1 Å². The van der Waals surface area contributed by atoms with Crippen LogP contribution in [0.25, 0.3) is 0 Å². The van der Waals surface area contributed by atoms with Crippen molar-refractivity contribution < 1.29 is 28.6 Å². The summed E-state index contributed by atoms with van der Waals surface area (Å²) in [6.07, 6.45) is 0.407. The Labute approximate surface area is 166 Å². The molecule has 28 heavy (non-hydrogen) atoms. The lowest BCUT2D eigenvalue weighted by molar-refractivity contribution is -0.155. The number of hydrogen-bond donors (Lipinski definition) is 1. The molecule has 2 aromatic rings. The van der Waals surface area contributed by atoms with Gasteiger partial charge in [0.25, 0.3) is 5.91 Å². The standard InChI is InChI=1S/C19H19ClN2O6/c1-11(23)13-6-7-15(16(9-13)26-3)27-10-17(24)28-12(2)19(25)22-14-5-4-8-21-18(14)20/h4-9,12H,10H2,1-3H3,(H,22,25)/t12-/m1/s1. The van der Waals surface area contributed by atoms with Crippen molar-refractivity contribution in [2.24, 2.45) is 0 Å². The van der Waals surface area contributed by atoms with Crippen LogP contribution in [-0.2, 0) is 14.3 Å². The fourth-order valence-corrected chi connectivity index (χ4v) is 2.31. The van der Waals surface area contributed by atoms with E-state index < -0.39 is 24.6 Å². The lowest BCUT2D eigenvalue weighted by atomic mass is 10.1. The fraction of sp³-hybridized carbons (Fsp3) is 0.263. The minimum Gasteiger partial charge on any atom is -0.493 e. The molecule has 0 aliphatic heterocycles. The van der Waals surface area contributed by atoms with Crippen LogP contribution in [0, 0.1) is 0 Å². The lowest BCUT2D eigenvalue weighted by Crippen LogP contribution is -2.31. The summed E-state index contributed by atoms with van der Waals surface area (Å²) in [6, 6.07) is 7.76. The number of benzene rings is 1. The van der Waals surface area contributed by atoms with Crippen LogP contribution in [0.4, 0.5) is 5.69 Å². The first-order chi connectivity index (χ1) is 13.3. The number of halogens is 1. The van der Waals surface area contributed by atoms with Crippen LogP contribution < -0.4 is 14.8 Å². The van der Waals surface area contributed by atoms with Crippen molar-refractivity contribution in [3.8, 4) is 11.5 Å². The zero-order valence-electron chi connectivity index (χ0n) is 15.5. The highest BCUT2D eigenvalue weighted by Gasteiger charge is 2.20. The van der Waals surface area contributed by atoms with Crippen LogP contribution in [0.2, 0.25) is 5.15 Å². The smallest absolute Gasteiger partial charge is 0.344 e. The number of nitrogens with one attached hydrogen (secondary N) is 1. The number of esters is 1. The summed E-state index contributed by atoms with van der Waals surface area (Å²) in [7, 11) is 1.42. The molecule has 1 aromatic carbocycles. The van der Waals surface area contributed by atoms with Gasteiger partial charge in [-0.3, -0.25) is 9.59 Å². The number of nitrogens with zero attached hydrogens (tertiary/aromatic N) is 1. The van der Waals surface area contributed by atoms with E-state index in [4.69, 9.17) is 25.8 Å². The first-order valence-electron chi connectivity index (χ1n) is 8.24. The van der Waals surface area contributed by atoms with Gasteiger partial charge in [0, 0.05) is 11.8 Å². The minimum atomic E-state index is -1.07. The first kappa shape index (κ1) is 21.2. The number of aromatic nitrogens is 1. The van der Waals surface area contributed by atoms with Gasteiger partial charge >= 0.3 is 5.97 Å². The molecule has 148 valence electrons. The third-order valence-electron chi connectivity index (χ3n) is 3.61. The summed E-state index contributed by atoms with van der Waals surface area (Å²) < 4.78 is 15.6. The number of Topliss-reactive ketones (excluding diaryl/α,β-unsaturated/α-hetero) is 1. The molecule has 1 N–H and O–H groups in total. The van der Waals surface area contributed by atoms with E-state index in [1.54, 1.807) is 18.2 Å². The average Bonchev–Trinajstić information content (AvgIpc) is 2.67. The van der Waals surface area contributed by atoms with Crippen LogP contribution in [0.1, 0.15) is 24.2 Å². The van der Waals surface area contributed by atoms with Gasteiger partial charge in [-0.05, 0) is 44.2 Å². The van der Waals surface area contributed by atoms with Gasteiger partial charge in [-0.2, -0.15) is 0 Å². The number of rotatable bonds is 8. The molecule has 0 unspecified atom stereocenters. The molecule has 0 fully saturated rings. The van der Waals surface area contributed by atoms with E-state index in [1.807, 2.05) is 0 Å². The number of ether oxygens (including phenoxy) is 3. The Bertz CT molecular complexity index is 886. The number of methoxy groups -OCH3 is 1. The molecule has 1 aromatic heterocycles. The minimum absolute atomic E-state index is 0.124. The van der Waals surface area contributed by atoms with Gasteiger partial charge in [-0.1, -0.05) is 11.6 Å². The highest BCUT2D eigenvalue weighted by molar-refractivity contribution is 6.32. The molecule has 1 amide bonds. The second kappa shape index (κ2) is 9.70. The van der Waals surface area contributed by atoms with E-state index in [2.05, 4.69) is 10.3 Å². The van der Waals surface area contributed by atoms with E-state index in [0.29, 0.717) is 17.0 Å². The second-order valence-electron chi connectivity index (χ2n) is 5.67. The van der Waals surface area contributed by atoms with Crippen molar-refractivity contribution >= 4 is 34.9 Å². The number of carbonyl (C=O) groups excluding carboxylic acids is 3. The summed E-state index contributed by atoms with van der Waals surface area (Å²) in [5.41, 5.74) is 0.759. The number of amides is 1. The molecule has 0 aliphatic carbocycles. The third kappa shape index (κ3) is 5.68. The molecule has 0 bridgehead atoms.